The lowest BCUT2D eigenvalue weighted by molar-refractivity contribution is 2.38. The fourth-order valence-electron chi connectivity index (χ4n) is 0. The third kappa shape index (κ3) is 2.56. The van der Waals surface area contributed by atoms with Gasteiger partial charge in [0.2, 0.25) is 0 Å². The van der Waals surface area contributed by atoms with Gasteiger partial charge in [-0.1, -0.05) is 6.82 Å². The van der Waals surface area contributed by atoms with E-state index in [1.54, 1.807) is 0 Å². The van der Waals surface area contributed by atoms with Crippen molar-refractivity contribution in [2.45, 2.75) is 6.82 Å². The first-order valence-electron chi connectivity index (χ1n) is 2.88. The molecule has 0 aliphatic carbocycles. The van der Waals surface area contributed by atoms with Crippen molar-refractivity contribution in [1.82, 2.24) is 0 Å². The van der Waals surface area contributed by atoms with Crippen LogP contribution in [0.25, 0.3) is 0 Å². The summed E-state index contributed by atoms with van der Waals surface area (Å²) in [5.74, 6) is 0. The Morgan fingerprint density at radius 2 is 4.00 bits per heavy atom. The SMILES string of the molecule is [2H]B([3H])P([3H])BC. The molecule has 0 heterocycles. The standard InChI is InChI=1S/CH7B2P/c1-3-4-2/h3-4H,2H2,1H3/i2TD,4T. The lowest BCUT2D eigenvalue weighted by atomic mass is 10.2. The summed E-state index contributed by atoms with van der Waals surface area (Å²) in [5, 5.41) is 0. The van der Waals surface area contributed by atoms with E-state index in [0.29, 0.717) is 7.00 Å². The van der Waals surface area contributed by atoms with Crippen molar-refractivity contribution >= 4 is 22.8 Å². The van der Waals surface area contributed by atoms with E-state index >= 15 is 0 Å². The maximum absolute atomic E-state index is 6.97. The summed E-state index contributed by atoms with van der Waals surface area (Å²) >= 11 is 0. The maximum Gasteiger partial charge on any atom is 0.135 e. The Morgan fingerprint density at radius 3 is 4.00 bits per heavy atom. The lowest BCUT2D eigenvalue weighted by Gasteiger charge is -1.64. The van der Waals surface area contributed by atoms with Crippen LogP contribution in [0.4, 0.5) is 0 Å². The molecule has 1 unspecified atom stereocenters. The largest absolute Gasteiger partial charge is 0.199 e. The summed E-state index contributed by atoms with van der Waals surface area (Å²) in [6.07, 6.45) is 0. The Labute approximate surface area is 34.7 Å². The summed E-state index contributed by atoms with van der Waals surface area (Å²) in [6.45, 7) is 2.52. The highest BCUT2D eigenvalue weighted by atomic mass is 31.1. The Balaban J connectivity index is 3.14. The third-order valence-corrected chi connectivity index (χ3v) is 0.548. The van der Waals surface area contributed by atoms with E-state index in [2.05, 4.69) is 0 Å². The molecule has 0 bridgehead atoms. The molecular formula is CH7B2P. The first kappa shape index (κ1) is 1.34. The van der Waals surface area contributed by atoms with Crippen molar-refractivity contribution in [2.75, 3.05) is 0 Å². The topological polar surface area (TPSA) is 0 Å². The van der Waals surface area contributed by atoms with Crippen LogP contribution >= 0.6 is 8.28 Å². The molecule has 0 aliphatic rings. The van der Waals surface area contributed by atoms with E-state index in [-0.39, 0.29) is 0 Å². The van der Waals surface area contributed by atoms with Crippen LogP contribution in [0.3, 0.4) is 0 Å². The van der Waals surface area contributed by atoms with Gasteiger partial charge in [0.15, 0.2) is 0 Å². The van der Waals surface area contributed by atoms with Gasteiger partial charge in [0.25, 0.3) is 0 Å². The molecule has 0 fully saturated rings. The quantitative estimate of drug-likeness (QED) is 0.311. The molecular weight excluding hydrogens is 64.6 g/mol. The predicted octanol–water partition coefficient (Wildman–Crippen LogP) is -0.387. The zero-order valence-electron chi connectivity index (χ0n) is 5.73. The second-order valence-corrected chi connectivity index (χ2v) is 1.50. The van der Waals surface area contributed by atoms with Crippen LogP contribution < -0.4 is 0 Å². The van der Waals surface area contributed by atoms with Crippen LogP contribution in [-0.4, -0.2) is 18.4 Å². The van der Waals surface area contributed by atoms with Crippen LogP contribution in [0.15, 0.2) is 0 Å². The van der Waals surface area contributed by atoms with E-state index < -0.39 is 15.8 Å². The average molecular weight is 76.7 g/mol. The molecule has 0 N–H and O–H groups in total. The van der Waals surface area contributed by atoms with E-state index in [1.165, 1.54) is 0 Å². The van der Waals surface area contributed by atoms with Gasteiger partial charge in [-0.2, -0.15) is 8.28 Å². The average Bonchev–Trinajstić information content (AvgIpc) is 1.65. The fraction of sp³-hybridized carbons (Fsp3) is 1.00. The van der Waals surface area contributed by atoms with Gasteiger partial charge in [-0.15, -0.1) is 0 Å². The van der Waals surface area contributed by atoms with Gasteiger partial charge in [-0.25, -0.2) is 0 Å². The van der Waals surface area contributed by atoms with Crippen molar-refractivity contribution in [3.05, 3.63) is 0 Å². The summed E-state index contributed by atoms with van der Waals surface area (Å²) in [6, 6.07) is 0. The maximum atomic E-state index is 6.97. The molecule has 0 amide bonds. The Bertz CT molecular complexity index is 50.2. The minimum atomic E-state index is -1.05. The molecule has 0 rings (SSSR count). The molecule has 0 aromatic rings. The highest BCUT2D eigenvalue weighted by Gasteiger charge is 1.61. The molecule has 0 aliphatic heterocycles. The summed E-state index contributed by atoms with van der Waals surface area (Å²) in [4.78, 5) is 0. The van der Waals surface area contributed by atoms with Gasteiger partial charge in [-0.3, -0.25) is 0 Å². The molecule has 0 saturated heterocycles. The normalized spacial score (nSPS) is 23.8. The van der Waals surface area contributed by atoms with E-state index in [0.717, 1.165) is 0 Å². The van der Waals surface area contributed by atoms with Gasteiger partial charge >= 0.3 is 0 Å². The molecule has 1 atom stereocenters. The van der Waals surface area contributed by atoms with Gasteiger partial charge in [0, 0.05) is 1.28 Å². The molecule has 22 valence electrons. The first-order chi connectivity index (χ1) is 3.18. The third-order valence-electron chi connectivity index (χ3n) is 0.183. The molecule has 0 aromatic carbocycles. The highest BCUT2D eigenvalue weighted by molar-refractivity contribution is 7.90. The highest BCUT2D eigenvalue weighted by Crippen LogP contribution is 1.90. The van der Waals surface area contributed by atoms with E-state index in [9.17, 15) is 0 Å². The predicted molar refractivity (Wildman–Crippen MR) is 29.9 cm³/mol. The molecule has 0 radical (unpaired) electrons. The van der Waals surface area contributed by atoms with E-state index in [4.69, 9.17) is 3.95 Å². The second kappa shape index (κ2) is 3.56. The van der Waals surface area contributed by atoms with Gasteiger partial charge < -0.3 is 0 Å². The van der Waals surface area contributed by atoms with Crippen molar-refractivity contribution < 1.29 is 0 Å². The second-order valence-electron chi connectivity index (χ2n) is 0.499. The van der Waals surface area contributed by atoms with Crippen molar-refractivity contribution in [3.63, 3.8) is 0 Å². The molecule has 4 heavy (non-hydrogen) atoms. The van der Waals surface area contributed by atoms with Crippen LogP contribution in [0.2, 0.25) is 6.82 Å². The summed E-state index contributed by atoms with van der Waals surface area (Å²) in [7, 11) is -1.96. The van der Waals surface area contributed by atoms with Crippen LogP contribution in [0.5, 0.6) is 0 Å². The Kier molecular flexibility index (Phi) is 1.20. The zero-order valence-corrected chi connectivity index (χ0v) is 3.63. The van der Waals surface area contributed by atoms with Gasteiger partial charge in [0.05, 0.1) is 0 Å². The number of rotatable bonds is 2. The van der Waals surface area contributed by atoms with Crippen LogP contribution in [0.1, 0.15) is 0 Å². The Morgan fingerprint density at radius 1 is 3.25 bits per heavy atom. The van der Waals surface area contributed by atoms with Crippen molar-refractivity contribution in [1.29, 1.82) is 3.95 Å². The molecule has 0 aromatic heterocycles. The Hall–Kier alpha value is 0.560. The molecule has 0 saturated carbocycles. The first-order valence-corrected chi connectivity index (χ1v) is 2.43. The van der Waals surface area contributed by atoms with Crippen LogP contribution in [-0.2, 0) is 0 Å². The fourth-order valence-corrected chi connectivity index (χ4v) is 0. The summed E-state index contributed by atoms with van der Waals surface area (Å²) < 4.78 is 20.3. The molecule has 3 heteroatoms. The van der Waals surface area contributed by atoms with Crippen molar-refractivity contribution in [2.24, 2.45) is 0 Å². The summed E-state index contributed by atoms with van der Waals surface area (Å²) in [5.41, 5.74) is 0. The smallest absolute Gasteiger partial charge is 0.135 e. The minimum Gasteiger partial charge on any atom is -0.199 e. The minimum absolute atomic E-state index is 0.674. The number of hydrogen-bond acceptors (Lipinski definition) is 0. The number of hydrogen-bond donors (Lipinski definition) is 0. The molecule has 0 nitrogen and oxygen atoms in total. The zero-order chi connectivity index (χ0) is 5.86. The monoisotopic (exact) mass is 77.1 g/mol. The van der Waals surface area contributed by atoms with Gasteiger partial charge in [-0.05, 0) is 2.67 Å². The lowest BCUT2D eigenvalue weighted by Crippen LogP contribution is -1.57. The molecule has 0 spiro atoms. The van der Waals surface area contributed by atoms with Gasteiger partial charge in [0.1, 0.15) is 14.5 Å². The van der Waals surface area contributed by atoms with Crippen LogP contribution in [0, 0.1) is 0 Å². The van der Waals surface area contributed by atoms with Crippen molar-refractivity contribution in [3.8, 4) is 0 Å². The van der Waals surface area contributed by atoms with E-state index in [1.807, 2.05) is 6.82 Å².